The van der Waals surface area contributed by atoms with Gasteiger partial charge < -0.3 is 10.6 Å². The molecule has 0 fully saturated rings. The van der Waals surface area contributed by atoms with Crippen molar-refractivity contribution in [3.63, 3.8) is 0 Å². The average Bonchev–Trinajstić information content (AvgIpc) is 2.17. The van der Waals surface area contributed by atoms with Gasteiger partial charge in [0.1, 0.15) is 0 Å². The molecule has 0 aliphatic rings. The summed E-state index contributed by atoms with van der Waals surface area (Å²) in [6, 6.07) is 0.273. The van der Waals surface area contributed by atoms with Crippen molar-refractivity contribution in [1.29, 1.82) is 0 Å². The number of hydrogen-bond acceptors (Lipinski definition) is 3. The van der Waals surface area contributed by atoms with Gasteiger partial charge in [-0.3, -0.25) is 4.79 Å². The van der Waals surface area contributed by atoms with Crippen LogP contribution in [0.5, 0.6) is 0 Å². The van der Waals surface area contributed by atoms with E-state index in [-0.39, 0.29) is 11.9 Å². The van der Waals surface area contributed by atoms with Crippen molar-refractivity contribution >= 4 is 17.7 Å². The lowest BCUT2D eigenvalue weighted by atomic mass is 10.1. The highest BCUT2D eigenvalue weighted by Crippen LogP contribution is 1.99. The molecule has 0 saturated heterocycles. The van der Waals surface area contributed by atoms with E-state index in [1.54, 1.807) is 11.8 Å². The Kier molecular flexibility index (Phi) is 8.76. The van der Waals surface area contributed by atoms with Gasteiger partial charge in [-0.25, -0.2) is 0 Å². The molecule has 1 amide bonds. The molecule has 96 valence electrons. The number of rotatable bonds is 8. The van der Waals surface area contributed by atoms with Crippen molar-refractivity contribution in [1.82, 2.24) is 10.6 Å². The highest BCUT2D eigenvalue weighted by atomic mass is 32.2. The van der Waals surface area contributed by atoms with Crippen LogP contribution < -0.4 is 10.6 Å². The molecular weight excluding hydrogens is 220 g/mol. The largest absolute Gasteiger partial charge is 0.355 e. The molecule has 3 nitrogen and oxygen atoms in total. The Morgan fingerprint density at radius 2 is 1.88 bits per heavy atom. The second kappa shape index (κ2) is 8.88. The minimum atomic E-state index is -0.102. The SMILES string of the molecule is CSCC(C)NC(C)C(=O)NCCC(C)C. The summed E-state index contributed by atoms with van der Waals surface area (Å²) in [5, 5.41) is 6.24. The monoisotopic (exact) mass is 246 g/mol. The van der Waals surface area contributed by atoms with Crippen LogP contribution in [0.15, 0.2) is 0 Å². The molecule has 0 aromatic heterocycles. The van der Waals surface area contributed by atoms with E-state index in [2.05, 4.69) is 37.7 Å². The van der Waals surface area contributed by atoms with Crippen molar-refractivity contribution in [2.45, 2.75) is 46.2 Å². The molecule has 4 heteroatoms. The Bertz CT molecular complexity index is 197. The molecule has 0 radical (unpaired) electrons. The molecule has 0 aliphatic heterocycles. The first-order valence-corrected chi connectivity index (χ1v) is 7.39. The fourth-order valence-corrected chi connectivity index (χ4v) is 2.03. The van der Waals surface area contributed by atoms with Crippen molar-refractivity contribution in [2.75, 3.05) is 18.6 Å². The molecule has 0 heterocycles. The van der Waals surface area contributed by atoms with Gasteiger partial charge in [0.05, 0.1) is 6.04 Å². The summed E-state index contributed by atoms with van der Waals surface area (Å²) in [5.41, 5.74) is 0. The summed E-state index contributed by atoms with van der Waals surface area (Å²) in [4.78, 5) is 11.7. The Hall–Kier alpha value is -0.220. The van der Waals surface area contributed by atoms with E-state index in [4.69, 9.17) is 0 Å². The van der Waals surface area contributed by atoms with Gasteiger partial charge in [-0.2, -0.15) is 11.8 Å². The third kappa shape index (κ3) is 7.99. The number of hydrogen-bond donors (Lipinski definition) is 2. The maximum atomic E-state index is 11.7. The maximum absolute atomic E-state index is 11.7. The van der Waals surface area contributed by atoms with Crippen molar-refractivity contribution < 1.29 is 4.79 Å². The summed E-state index contributed by atoms with van der Waals surface area (Å²) >= 11 is 1.79. The zero-order chi connectivity index (χ0) is 12.6. The minimum Gasteiger partial charge on any atom is -0.355 e. The van der Waals surface area contributed by atoms with Crippen LogP contribution in [0.25, 0.3) is 0 Å². The standard InChI is InChI=1S/C12H26N2OS/c1-9(2)6-7-13-12(15)11(4)14-10(3)8-16-5/h9-11,14H,6-8H2,1-5H3,(H,13,15). The fraction of sp³-hybridized carbons (Fsp3) is 0.917. The van der Waals surface area contributed by atoms with Gasteiger partial charge in [-0.05, 0) is 32.4 Å². The minimum absolute atomic E-state index is 0.102. The van der Waals surface area contributed by atoms with Gasteiger partial charge >= 0.3 is 0 Å². The molecule has 2 atom stereocenters. The zero-order valence-corrected chi connectivity index (χ0v) is 12.0. The van der Waals surface area contributed by atoms with Crippen LogP contribution in [0.1, 0.15) is 34.1 Å². The van der Waals surface area contributed by atoms with E-state index in [0.717, 1.165) is 18.7 Å². The highest BCUT2D eigenvalue weighted by Gasteiger charge is 2.14. The van der Waals surface area contributed by atoms with E-state index >= 15 is 0 Å². The van der Waals surface area contributed by atoms with Gasteiger partial charge in [-0.15, -0.1) is 0 Å². The van der Waals surface area contributed by atoms with E-state index in [1.807, 2.05) is 6.92 Å². The van der Waals surface area contributed by atoms with E-state index in [9.17, 15) is 4.79 Å². The van der Waals surface area contributed by atoms with Crippen molar-refractivity contribution in [3.8, 4) is 0 Å². The molecule has 0 aromatic rings. The van der Waals surface area contributed by atoms with Crippen LogP contribution >= 0.6 is 11.8 Å². The summed E-state index contributed by atoms with van der Waals surface area (Å²) < 4.78 is 0. The van der Waals surface area contributed by atoms with Gasteiger partial charge in [-0.1, -0.05) is 13.8 Å². The van der Waals surface area contributed by atoms with E-state index in [1.165, 1.54) is 0 Å². The molecule has 16 heavy (non-hydrogen) atoms. The Balaban J connectivity index is 3.72. The second-order valence-corrected chi connectivity index (χ2v) is 5.63. The van der Waals surface area contributed by atoms with Crippen LogP contribution in [0.2, 0.25) is 0 Å². The predicted molar refractivity (Wildman–Crippen MR) is 72.9 cm³/mol. The van der Waals surface area contributed by atoms with Gasteiger partial charge in [0.15, 0.2) is 0 Å². The van der Waals surface area contributed by atoms with Crippen LogP contribution in [0.4, 0.5) is 0 Å². The average molecular weight is 246 g/mol. The molecule has 2 N–H and O–H groups in total. The summed E-state index contributed by atoms with van der Waals surface area (Å²) in [6.07, 6.45) is 3.12. The summed E-state index contributed by atoms with van der Waals surface area (Å²) in [5.74, 6) is 1.77. The first-order valence-electron chi connectivity index (χ1n) is 6.00. The molecule has 2 unspecified atom stereocenters. The van der Waals surface area contributed by atoms with Gasteiger partial charge in [0.2, 0.25) is 5.91 Å². The predicted octanol–water partition coefficient (Wildman–Crippen LogP) is 1.88. The number of amides is 1. The van der Waals surface area contributed by atoms with Crippen LogP contribution in [0.3, 0.4) is 0 Å². The fourth-order valence-electron chi connectivity index (χ4n) is 1.44. The molecule has 0 saturated carbocycles. The van der Waals surface area contributed by atoms with Crippen LogP contribution in [-0.2, 0) is 4.79 Å². The van der Waals surface area contributed by atoms with Crippen LogP contribution in [0, 0.1) is 5.92 Å². The topological polar surface area (TPSA) is 41.1 Å². The highest BCUT2D eigenvalue weighted by molar-refractivity contribution is 7.98. The van der Waals surface area contributed by atoms with Crippen molar-refractivity contribution in [3.05, 3.63) is 0 Å². The lowest BCUT2D eigenvalue weighted by Crippen LogP contribution is -2.46. The Morgan fingerprint density at radius 3 is 2.38 bits per heavy atom. The Morgan fingerprint density at radius 1 is 1.25 bits per heavy atom. The second-order valence-electron chi connectivity index (χ2n) is 4.72. The number of carbonyl (C=O) groups is 1. The molecule has 0 bridgehead atoms. The first kappa shape index (κ1) is 15.8. The zero-order valence-electron chi connectivity index (χ0n) is 11.2. The molecule has 0 aliphatic carbocycles. The first-order chi connectivity index (χ1) is 7.47. The summed E-state index contributed by atoms with van der Waals surface area (Å²) in [7, 11) is 0. The molecule has 0 spiro atoms. The van der Waals surface area contributed by atoms with Crippen LogP contribution in [-0.4, -0.2) is 36.5 Å². The molecule has 0 aromatic carbocycles. The summed E-state index contributed by atoms with van der Waals surface area (Å²) in [6.45, 7) is 9.12. The molecular formula is C12H26N2OS. The van der Waals surface area contributed by atoms with E-state index < -0.39 is 0 Å². The molecule has 0 rings (SSSR count). The van der Waals surface area contributed by atoms with Crippen molar-refractivity contribution in [2.24, 2.45) is 5.92 Å². The number of carbonyl (C=O) groups excluding carboxylic acids is 1. The lowest BCUT2D eigenvalue weighted by Gasteiger charge is -2.19. The third-order valence-electron chi connectivity index (χ3n) is 2.37. The smallest absolute Gasteiger partial charge is 0.236 e. The lowest BCUT2D eigenvalue weighted by molar-refractivity contribution is -0.122. The quantitative estimate of drug-likeness (QED) is 0.687. The van der Waals surface area contributed by atoms with Gasteiger partial charge in [0, 0.05) is 18.3 Å². The van der Waals surface area contributed by atoms with E-state index in [0.29, 0.717) is 12.0 Å². The normalized spacial score (nSPS) is 14.9. The number of nitrogens with one attached hydrogen (secondary N) is 2. The number of thioether (sulfide) groups is 1. The maximum Gasteiger partial charge on any atom is 0.236 e. The third-order valence-corrected chi connectivity index (χ3v) is 3.20. The Labute approximate surface area is 104 Å². The van der Waals surface area contributed by atoms with Gasteiger partial charge in [0.25, 0.3) is 0 Å².